The Hall–Kier alpha value is -3.74. The molecule has 12 nitrogen and oxygen atoms in total. The lowest BCUT2D eigenvalue weighted by Gasteiger charge is -2.31. The number of ether oxygens (including phenoxy) is 1. The monoisotopic (exact) mass is 525 g/mol. The van der Waals surface area contributed by atoms with Gasteiger partial charge in [0.05, 0.1) is 25.5 Å². The van der Waals surface area contributed by atoms with Gasteiger partial charge in [0.25, 0.3) is 5.91 Å². The topological polar surface area (TPSA) is 131 Å². The smallest absolute Gasteiger partial charge is 0.277 e. The van der Waals surface area contributed by atoms with E-state index >= 15 is 0 Å². The van der Waals surface area contributed by atoms with E-state index in [1.807, 2.05) is 56.8 Å². The van der Waals surface area contributed by atoms with Crippen molar-refractivity contribution in [2.45, 2.75) is 20.8 Å². The van der Waals surface area contributed by atoms with E-state index in [0.29, 0.717) is 63.4 Å². The molecule has 1 aliphatic rings. The number of anilines is 2. The highest BCUT2D eigenvalue weighted by molar-refractivity contribution is 6.11. The highest BCUT2D eigenvalue weighted by atomic mass is 16.5. The van der Waals surface area contributed by atoms with Crippen LogP contribution in [0.25, 0.3) is 5.57 Å². The highest BCUT2D eigenvalue weighted by Gasteiger charge is 2.24. The van der Waals surface area contributed by atoms with E-state index < -0.39 is 5.91 Å². The molecule has 2 heterocycles. The summed E-state index contributed by atoms with van der Waals surface area (Å²) in [6, 6.07) is 0. The number of likely N-dealkylation sites (N-methyl/N-ethyl adjacent to an activating group) is 2. The van der Waals surface area contributed by atoms with Crippen LogP contribution in [0.4, 0.5) is 17.3 Å². The van der Waals surface area contributed by atoms with Crippen LogP contribution in [0.2, 0.25) is 0 Å². The molecule has 1 saturated heterocycles. The summed E-state index contributed by atoms with van der Waals surface area (Å²) in [5.41, 5.74) is 4.33. The fraction of sp³-hybridized carbons (Fsp3) is 0.462. The number of rotatable bonds is 13. The molecule has 1 aliphatic heterocycles. The summed E-state index contributed by atoms with van der Waals surface area (Å²) in [6.45, 7) is 17.4. The summed E-state index contributed by atoms with van der Waals surface area (Å²) in [7, 11) is 3.87. The van der Waals surface area contributed by atoms with Crippen LogP contribution < -0.4 is 15.3 Å². The van der Waals surface area contributed by atoms with E-state index in [4.69, 9.17) is 19.9 Å². The lowest BCUT2D eigenvalue weighted by molar-refractivity contribution is -0.124. The first-order chi connectivity index (χ1) is 18.3. The Morgan fingerprint density at radius 3 is 2.47 bits per heavy atom. The molecule has 0 bridgehead atoms. The molecule has 206 valence electrons. The number of carbonyl (C=O) groups is 1. The molecule has 1 fully saturated rings. The van der Waals surface area contributed by atoms with Crippen molar-refractivity contribution in [3.05, 3.63) is 35.3 Å². The van der Waals surface area contributed by atoms with Gasteiger partial charge in [-0.3, -0.25) is 29.9 Å². The van der Waals surface area contributed by atoms with Gasteiger partial charge in [0.2, 0.25) is 0 Å². The van der Waals surface area contributed by atoms with E-state index in [9.17, 15) is 4.79 Å². The Labute approximate surface area is 224 Å². The van der Waals surface area contributed by atoms with Crippen molar-refractivity contribution < 1.29 is 14.7 Å². The minimum absolute atomic E-state index is 0.0927. The van der Waals surface area contributed by atoms with Gasteiger partial charge < -0.3 is 14.5 Å². The molecule has 0 atom stereocenters. The van der Waals surface area contributed by atoms with Gasteiger partial charge >= 0.3 is 0 Å². The van der Waals surface area contributed by atoms with Gasteiger partial charge in [-0.1, -0.05) is 12.2 Å². The number of nitrogens with zero attached hydrogens (tertiary/aromatic N) is 8. The van der Waals surface area contributed by atoms with Gasteiger partial charge in [0, 0.05) is 51.2 Å². The predicted molar refractivity (Wildman–Crippen MR) is 154 cm³/mol. The number of carbonyl (C=O) groups excluding carboxylic acids is 1. The van der Waals surface area contributed by atoms with Crippen molar-refractivity contribution in [2.24, 2.45) is 15.0 Å². The maximum atomic E-state index is 11.6. The average Bonchev–Trinajstić information content (AvgIpc) is 2.95. The first-order valence-electron chi connectivity index (χ1n) is 12.3. The van der Waals surface area contributed by atoms with Gasteiger partial charge in [0.1, 0.15) is 5.69 Å². The van der Waals surface area contributed by atoms with Gasteiger partial charge in [-0.15, -0.1) is 0 Å². The van der Waals surface area contributed by atoms with Crippen molar-refractivity contribution in [1.29, 1.82) is 0 Å². The molecule has 1 aromatic rings. The Bertz CT molecular complexity index is 1110. The number of hydrogen-bond donors (Lipinski definition) is 2. The maximum absolute atomic E-state index is 11.6. The number of amides is 1. The molecule has 1 amide bonds. The Morgan fingerprint density at radius 2 is 1.89 bits per heavy atom. The van der Waals surface area contributed by atoms with E-state index in [1.165, 1.54) is 12.4 Å². The second-order valence-electron chi connectivity index (χ2n) is 8.64. The number of allylic oxidation sites excluding steroid dienone is 4. The van der Waals surface area contributed by atoms with Crippen LogP contribution in [-0.2, 0) is 9.53 Å². The van der Waals surface area contributed by atoms with Crippen molar-refractivity contribution in [2.75, 3.05) is 70.0 Å². The van der Waals surface area contributed by atoms with E-state index in [0.717, 1.165) is 17.0 Å². The Kier molecular flexibility index (Phi) is 12.4. The van der Waals surface area contributed by atoms with E-state index in [1.54, 1.807) is 5.48 Å². The van der Waals surface area contributed by atoms with Gasteiger partial charge in [-0.05, 0) is 46.8 Å². The lowest BCUT2D eigenvalue weighted by atomic mass is 10.1. The molecule has 2 N–H and O–H groups in total. The SMILES string of the molecule is C=N/C=C(\C=N/CN(C)CCN(C)c1nc(C(=C/C)/C(C)=C\C)nc(N2CCOCC2)c1N=C)C(=O)NO. The molecule has 12 heteroatoms. The van der Waals surface area contributed by atoms with Gasteiger partial charge in [0.15, 0.2) is 17.5 Å². The third-order valence-electron chi connectivity index (χ3n) is 6.03. The van der Waals surface area contributed by atoms with Crippen LogP contribution in [0.1, 0.15) is 26.6 Å². The maximum Gasteiger partial charge on any atom is 0.277 e. The van der Waals surface area contributed by atoms with Crippen LogP contribution in [0.5, 0.6) is 0 Å². The molecular formula is C26H39N9O3. The first-order valence-corrected chi connectivity index (χ1v) is 12.3. The minimum Gasteiger partial charge on any atom is -0.378 e. The van der Waals surface area contributed by atoms with E-state index in [-0.39, 0.29) is 5.57 Å². The number of aliphatic imine (C=N–C) groups is 3. The summed E-state index contributed by atoms with van der Waals surface area (Å²) >= 11 is 0. The Morgan fingerprint density at radius 1 is 1.18 bits per heavy atom. The first kappa shape index (κ1) is 30.5. The summed E-state index contributed by atoms with van der Waals surface area (Å²) in [6.07, 6.45) is 6.63. The molecule has 0 aromatic carbocycles. The van der Waals surface area contributed by atoms with Crippen molar-refractivity contribution >= 4 is 48.5 Å². The minimum atomic E-state index is -0.711. The van der Waals surface area contributed by atoms with Crippen LogP contribution in [0.15, 0.2) is 44.5 Å². The molecule has 0 saturated carbocycles. The average molecular weight is 526 g/mol. The zero-order valence-corrected chi connectivity index (χ0v) is 23.0. The summed E-state index contributed by atoms with van der Waals surface area (Å²) in [4.78, 5) is 39.8. The van der Waals surface area contributed by atoms with Gasteiger partial charge in [-0.25, -0.2) is 15.4 Å². The second-order valence-corrected chi connectivity index (χ2v) is 8.64. The molecule has 0 radical (unpaired) electrons. The normalized spacial score (nSPS) is 15.2. The molecular weight excluding hydrogens is 486 g/mol. The molecule has 38 heavy (non-hydrogen) atoms. The van der Waals surface area contributed by atoms with Crippen LogP contribution in [0.3, 0.4) is 0 Å². The number of aromatic nitrogens is 2. The van der Waals surface area contributed by atoms with Crippen molar-refractivity contribution in [3.8, 4) is 0 Å². The largest absolute Gasteiger partial charge is 0.378 e. The molecule has 0 spiro atoms. The summed E-state index contributed by atoms with van der Waals surface area (Å²) in [5.74, 6) is 1.36. The standard InChI is InChI=1S/C26H39N9O3/c1-8-19(3)21(9-2)23-30-24(22(28-5)25(31-23)35-12-14-38-15-13-35)34(7)11-10-33(6)18-29-17-20(16-27-4)26(36)32-37/h8-9,16-17,37H,4-5,10-15,18H2,1-3,6-7H3,(H,32,36)/b19-8-,20-16+,21-9+,29-17-. The van der Waals surface area contributed by atoms with Crippen molar-refractivity contribution in [1.82, 2.24) is 20.3 Å². The lowest BCUT2D eigenvalue weighted by Crippen LogP contribution is -2.37. The fourth-order valence-electron chi connectivity index (χ4n) is 3.73. The second kappa shape index (κ2) is 15.5. The number of hydroxylamine groups is 1. The quantitative estimate of drug-likeness (QED) is 0.132. The molecule has 1 aromatic heterocycles. The van der Waals surface area contributed by atoms with Crippen molar-refractivity contribution in [3.63, 3.8) is 0 Å². The molecule has 2 rings (SSSR count). The van der Waals surface area contributed by atoms with E-state index in [2.05, 4.69) is 33.3 Å². The fourth-order valence-corrected chi connectivity index (χ4v) is 3.73. The zero-order valence-electron chi connectivity index (χ0n) is 23.0. The van der Waals surface area contributed by atoms with Crippen LogP contribution >= 0.6 is 0 Å². The Balaban J connectivity index is 2.30. The third kappa shape index (κ3) is 8.13. The summed E-state index contributed by atoms with van der Waals surface area (Å²) < 4.78 is 5.55. The predicted octanol–water partition coefficient (Wildman–Crippen LogP) is 2.50. The third-order valence-corrected chi connectivity index (χ3v) is 6.03. The molecule has 0 aliphatic carbocycles. The number of morpholine rings is 1. The number of hydrogen-bond acceptors (Lipinski definition) is 11. The van der Waals surface area contributed by atoms with Crippen LogP contribution in [0, 0.1) is 0 Å². The molecule has 0 unspecified atom stereocenters. The highest BCUT2D eigenvalue weighted by Crippen LogP contribution is 2.37. The van der Waals surface area contributed by atoms with Gasteiger partial charge in [-0.2, -0.15) is 0 Å². The summed E-state index contributed by atoms with van der Waals surface area (Å²) in [5, 5.41) is 8.83. The van der Waals surface area contributed by atoms with Crippen LogP contribution in [-0.4, -0.2) is 106 Å². The zero-order chi connectivity index (χ0) is 28.1. The number of nitrogens with one attached hydrogen (secondary N) is 1.